The fourth-order valence-corrected chi connectivity index (χ4v) is 4.40. The lowest BCUT2D eigenvalue weighted by molar-refractivity contribution is 0.0951. The van der Waals surface area contributed by atoms with Crippen LogP contribution in [0.5, 0.6) is 11.5 Å². The standard InChI is InChI=1S/C25H28N2O5S/c1-18(2)32-21-13-9-19(10-14-21)17-26-25(28)20-11-15-22(16-12-20)33(29,30)27(3)23-7-5-6-8-24(23)31-4/h5-16,18H,17H2,1-4H3,(H,26,28). The normalized spacial score (nSPS) is 11.2. The van der Waals surface area contributed by atoms with Crippen molar-refractivity contribution in [2.24, 2.45) is 0 Å². The first-order chi connectivity index (χ1) is 15.7. The van der Waals surface area contributed by atoms with Crippen LogP contribution in [0.4, 0.5) is 5.69 Å². The number of sulfonamides is 1. The van der Waals surface area contributed by atoms with Crippen LogP contribution < -0.4 is 19.1 Å². The summed E-state index contributed by atoms with van der Waals surface area (Å²) in [4.78, 5) is 12.6. The number of anilines is 1. The quantitative estimate of drug-likeness (QED) is 0.508. The Morgan fingerprint density at radius 3 is 2.21 bits per heavy atom. The van der Waals surface area contributed by atoms with Gasteiger partial charge in [-0.25, -0.2) is 8.42 Å². The maximum absolute atomic E-state index is 13.0. The van der Waals surface area contributed by atoms with E-state index in [2.05, 4.69) is 5.32 Å². The smallest absolute Gasteiger partial charge is 0.264 e. The summed E-state index contributed by atoms with van der Waals surface area (Å²) in [7, 11) is -0.875. The van der Waals surface area contributed by atoms with E-state index in [1.54, 1.807) is 24.3 Å². The molecule has 0 spiro atoms. The minimum atomic E-state index is -3.83. The fourth-order valence-electron chi connectivity index (χ4n) is 3.20. The lowest BCUT2D eigenvalue weighted by Gasteiger charge is -2.21. The molecule has 3 aromatic carbocycles. The van der Waals surface area contributed by atoms with Crippen molar-refractivity contribution in [3.63, 3.8) is 0 Å². The second-order valence-electron chi connectivity index (χ2n) is 7.66. The molecule has 0 bridgehead atoms. The maximum Gasteiger partial charge on any atom is 0.264 e. The van der Waals surface area contributed by atoms with Gasteiger partial charge in [-0.1, -0.05) is 24.3 Å². The Bertz CT molecular complexity index is 1190. The first-order valence-electron chi connectivity index (χ1n) is 10.5. The van der Waals surface area contributed by atoms with Gasteiger partial charge >= 0.3 is 0 Å². The van der Waals surface area contributed by atoms with Crippen LogP contribution in [-0.4, -0.2) is 34.6 Å². The molecule has 33 heavy (non-hydrogen) atoms. The number of carbonyl (C=O) groups is 1. The molecule has 0 saturated heterocycles. The maximum atomic E-state index is 13.0. The highest BCUT2D eigenvalue weighted by atomic mass is 32.2. The van der Waals surface area contributed by atoms with E-state index in [9.17, 15) is 13.2 Å². The van der Waals surface area contributed by atoms with Crippen LogP contribution in [0.1, 0.15) is 29.8 Å². The van der Waals surface area contributed by atoms with Crippen LogP contribution in [0.25, 0.3) is 0 Å². The molecule has 0 heterocycles. The highest BCUT2D eigenvalue weighted by Crippen LogP contribution is 2.30. The van der Waals surface area contributed by atoms with Crippen molar-refractivity contribution in [1.82, 2.24) is 5.32 Å². The Labute approximate surface area is 195 Å². The number of nitrogens with one attached hydrogen (secondary N) is 1. The molecule has 0 aliphatic heterocycles. The molecule has 0 unspecified atom stereocenters. The van der Waals surface area contributed by atoms with Gasteiger partial charge < -0.3 is 14.8 Å². The second kappa shape index (κ2) is 10.4. The molecule has 0 atom stereocenters. The Kier molecular flexibility index (Phi) is 7.60. The molecule has 0 aliphatic carbocycles. The molecule has 0 aliphatic rings. The summed E-state index contributed by atoms with van der Waals surface area (Å²) in [5, 5.41) is 2.84. The Hall–Kier alpha value is -3.52. The molecule has 1 amide bonds. The third kappa shape index (κ3) is 5.84. The first-order valence-corrected chi connectivity index (χ1v) is 11.9. The Balaban J connectivity index is 1.67. The van der Waals surface area contributed by atoms with E-state index in [0.717, 1.165) is 15.6 Å². The Morgan fingerprint density at radius 2 is 1.61 bits per heavy atom. The zero-order chi connectivity index (χ0) is 24.0. The molecule has 8 heteroatoms. The minimum absolute atomic E-state index is 0.0770. The van der Waals surface area contributed by atoms with Gasteiger partial charge in [-0.2, -0.15) is 0 Å². The van der Waals surface area contributed by atoms with Crippen molar-refractivity contribution < 1.29 is 22.7 Å². The van der Waals surface area contributed by atoms with E-state index in [4.69, 9.17) is 9.47 Å². The largest absolute Gasteiger partial charge is 0.495 e. The second-order valence-corrected chi connectivity index (χ2v) is 9.63. The number of hydrogen-bond acceptors (Lipinski definition) is 5. The fraction of sp³-hybridized carbons (Fsp3) is 0.240. The van der Waals surface area contributed by atoms with Crippen LogP contribution in [-0.2, 0) is 16.6 Å². The molecule has 3 aromatic rings. The molecule has 7 nitrogen and oxygen atoms in total. The first kappa shape index (κ1) is 24.1. The van der Waals surface area contributed by atoms with Gasteiger partial charge in [-0.15, -0.1) is 0 Å². The van der Waals surface area contributed by atoms with Gasteiger partial charge in [0.1, 0.15) is 11.5 Å². The summed E-state index contributed by atoms with van der Waals surface area (Å²) >= 11 is 0. The summed E-state index contributed by atoms with van der Waals surface area (Å²) < 4.78 is 38.1. The molecular weight excluding hydrogens is 440 g/mol. The average molecular weight is 469 g/mol. The number of carbonyl (C=O) groups excluding carboxylic acids is 1. The average Bonchev–Trinajstić information content (AvgIpc) is 2.82. The van der Waals surface area contributed by atoms with Crippen LogP contribution in [0.3, 0.4) is 0 Å². The van der Waals surface area contributed by atoms with Gasteiger partial charge in [-0.3, -0.25) is 9.10 Å². The summed E-state index contributed by atoms with van der Waals surface area (Å²) in [6.45, 7) is 4.26. The zero-order valence-electron chi connectivity index (χ0n) is 19.1. The van der Waals surface area contributed by atoms with Crippen molar-refractivity contribution >= 4 is 21.6 Å². The number of nitrogens with zero attached hydrogens (tertiary/aromatic N) is 1. The van der Waals surface area contributed by atoms with Crippen molar-refractivity contribution in [3.05, 3.63) is 83.9 Å². The molecule has 174 valence electrons. The van der Waals surface area contributed by atoms with E-state index in [1.807, 2.05) is 38.1 Å². The topological polar surface area (TPSA) is 84.9 Å². The predicted molar refractivity (Wildman–Crippen MR) is 128 cm³/mol. The Morgan fingerprint density at radius 1 is 0.970 bits per heavy atom. The van der Waals surface area contributed by atoms with Crippen LogP contribution >= 0.6 is 0 Å². The van der Waals surface area contributed by atoms with E-state index in [0.29, 0.717) is 23.5 Å². The van der Waals surface area contributed by atoms with E-state index in [1.165, 1.54) is 38.4 Å². The number of hydrogen-bond donors (Lipinski definition) is 1. The molecule has 1 N–H and O–H groups in total. The van der Waals surface area contributed by atoms with Crippen molar-refractivity contribution in [2.75, 3.05) is 18.5 Å². The number of ether oxygens (including phenoxy) is 2. The van der Waals surface area contributed by atoms with Gasteiger partial charge in [-0.05, 0) is 67.9 Å². The molecule has 0 aromatic heterocycles. The molecule has 0 fully saturated rings. The van der Waals surface area contributed by atoms with E-state index in [-0.39, 0.29) is 16.9 Å². The summed E-state index contributed by atoms with van der Waals surface area (Å²) in [5.74, 6) is 0.929. The number of methoxy groups -OCH3 is 1. The zero-order valence-corrected chi connectivity index (χ0v) is 19.9. The molecular formula is C25H28N2O5S. The van der Waals surface area contributed by atoms with Crippen molar-refractivity contribution in [1.29, 1.82) is 0 Å². The molecule has 3 rings (SSSR count). The SMILES string of the molecule is COc1ccccc1N(C)S(=O)(=O)c1ccc(C(=O)NCc2ccc(OC(C)C)cc2)cc1. The third-order valence-electron chi connectivity index (χ3n) is 4.95. The lowest BCUT2D eigenvalue weighted by Crippen LogP contribution is -2.27. The van der Waals surface area contributed by atoms with E-state index >= 15 is 0 Å². The van der Waals surface area contributed by atoms with Crippen molar-refractivity contribution in [3.8, 4) is 11.5 Å². The van der Waals surface area contributed by atoms with Crippen LogP contribution in [0.15, 0.2) is 77.7 Å². The minimum Gasteiger partial charge on any atom is -0.495 e. The van der Waals surface area contributed by atoms with Crippen LogP contribution in [0.2, 0.25) is 0 Å². The van der Waals surface area contributed by atoms with E-state index < -0.39 is 10.0 Å². The number of para-hydroxylation sites is 2. The number of rotatable bonds is 9. The molecule has 0 radical (unpaired) electrons. The van der Waals surface area contributed by atoms with Crippen molar-refractivity contribution in [2.45, 2.75) is 31.4 Å². The lowest BCUT2D eigenvalue weighted by atomic mass is 10.2. The van der Waals surface area contributed by atoms with Gasteiger partial charge in [0.15, 0.2) is 0 Å². The number of amides is 1. The highest BCUT2D eigenvalue weighted by molar-refractivity contribution is 7.92. The third-order valence-corrected chi connectivity index (χ3v) is 6.73. The van der Waals surface area contributed by atoms with Crippen LogP contribution in [0, 0.1) is 0 Å². The summed E-state index contributed by atoms with van der Waals surface area (Å²) in [6, 6.07) is 20.2. The monoisotopic (exact) mass is 468 g/mol. The van der Waals surface area contributed by atoms with Gasteiger partial charge in [0.25, 0.3) is 15.9 Å². The van der Waals surface area contributed by atoms with Gasteiger partial charge in [0, 0.05) is 19.2 Å². The summed E-state index contributed by atoms with van der Waals surface area (Å²) in [6.07, 6.45) is 0.0943. The van der Waals surface area contributed by atoms with Gasteiger partial charge in [0.2, 0.25) is 0 Å². The number of benzene rings is 3. The highest BCUT2D eigenvalue weighted by Gasteiger charge is 2.23. The predicted octanol–water partition coefficient (Wildman–Crippen LogP) is 4.24. The van der Waals surface area contributed by atoms with Gasteiger partial charge in [0.05, 0.1) is 23.8 Å². The summed E-state index contributed by atoms with van der Waals surface area (Å²) in [5.41, 5.74) is 1.72. The molecule has 0 saturated carbocycles.